The summed E-state index contributed by atoms with van der Waals surface area (Å²) in [4.78, 5) is 2.17. The number of nitrogens with zero attached hydrogens (tertiary/aromatic N) is 1. The quantitative estimate of drug-likeness (QED) is 0.770. The first-order valence-electron chi connectivity index (χ1n) is 6.84. The van der Waals surface area contributed by atoms with Gasteiger partial charge < -0.3 is 15.3 Å². The maximum absolute atomic E-state index is 10.1. The molecule has 1 aliphatic carbocycles. The Kier molecular flexibility index (Phi) is 4.34. The first kappa shape index (κ1) is 13.8. The van der Waals surface area contributed by atoms with Gasteiger partial charge in [-0.05, 0) is 38.8 Å². The normalized spacial score (nSPS) is 15.8. The zero-order chi connectivity index (χ0) is 13.8. The van der Waals surface area contributed by atoms with Gasteiger partial charge in [-0.3, -0.25) is 0 Å². The Labute approximate surface area is 115 Å². The summed E-state index contributed by atoms with van der Waals surface area (Å²) in [6, 6.07) is 5.98. The third-order valence-corrected chi connectivity index (χ3v) is 3.74. The van der Waals surface area contributed by atoms with E-state index in [9.17, 15) is 5.11 Å². The van der Waals surface area contributed by atoms with Crippen molar-refractivity contribution < 1.29 is 5.11 Å². The van der Waals surface area contributed by atoms with Gasteiger partial charge in [-0.15, -0.1) is 6.42 Å². The first-order valence-corrected chi connectivity index (χ1v) is 6.84. The van der Waals surface area contributed by atoms with Crippen LogP contribution in [0.25, 0.3) is 0 Å². The number of hydrogen-bond acceptors (Lipinski definition) is 3. The summed E-state index contributed by atoms with van der Waals surface area (Å²) in [5.41, 5.74) is 1.92. The van der Waals surface area contributed by atoms with Gasteiger partial charge in [0.05, 0.1) is 6.54 Å². The van der Waals surface area contributed by atoms with E-state index in [1.165, 1.54) is 12.8 Å². The summed E-state index contributed by atoms with van der Waals surface area (Å²) in [5, 5.41) is 13.3. The smallest absolute Gasteiger partial charge is 0.122 e. The SMILES string of the molecule is C#CCN(CC1CC1)c1ccc(C(C)NC)c(O)c1. The molecule has 1 atom stereocenters. The highest BCUT2D eigenvalue weighted by Gasteiger charge is 2.24. The molecule has 1 aromatic rings. The van der Waals surface area contributed by atoms with Crippen LogP contribution in [0.15, 0.2) is 18.2 Å². The van der Waals surface area contributed by atoms with Crippen molar-refractivity contribution in [3.05, 3.63) is 23.8 Å². The van der Waals surface area contributed by atoms with E-state index in [-0.39, 0.29) is 6.04 Å². The van der Waals surface area contributed by atoms with Crippen LogP contribution in [0.1, 0.15) is 31.4 Å². The van der Waals surface area contributed by atoms with Crippen LogP contribution in [0.4, 0.5) is 5.69 Å². The van der Waals surface area contributed by atoms with Gasteiger partial charge >= 0.3 is 0 Å². The fraction of sp³-hybridized carbons (Fsp3) is 0.500. The van der Waals surface area contributed by atoms with Crippen LogP contribution < -0.4 is 10.2 Å². The fourth-order valence-electron chi connectivity index (χ4n) is 2.23. The Morgan fingerprint density at radius 3 is 2.79 bits per heavy atom. The molecule has 1 fully saturated rings. The number of benzene rings is 1. The van der Waals surface area contributed by atoms with Crippen molar-refractivity contribution in [3.63, 3.8) is 0 Å². The second-order valence-corrected chi connectivity index (χ2v) is 5.28. The molecule has 1 saturated carbocycles. The number of hydrogen-bond donors (Lipinski definition) is 2. The van der Waals surface area contributed by atoms with Crippen molar-refractivity contribution in [2.24, 2.45) is 5.92 Å². The van der Waals surface area contributed by atoms with Gasteiger partial charge in [-0.2, -0.15) is 0 Å². The molecule has 3 nitrogen and oxygen atoms in total. The monoisotopic (exact) mass is 258 g/mol. The number of phenols is 1. The maximum atomic E-state index is 10.1. The van der Waals surface area contributed by atoms with Crippen LogP contribution in [-0.2, 0) is 0 Å². The van der Waals surface area contributed by atoms with Gasteiger partial charge in [0.2, 0.25) is 0 Å². The summed E-state index contributed by atoms with van der Waals surface area (Å²) in [6.45, 7) is 3.61. The van der Waals surface area contributed by atoms with Gasteiger partial charge in [0, 0.05) is 29.9 Å². The van der Waals surface area contributed by atoms with E-state index in [4.69, 9.17) is 6.42 Å². The predicted molar refractivity (Wildman–Crippen MR) is 79.4 cm³/mol. The summed E-state index contributed by atoms with van der Waals surface area (Å²) in [6.07, 6.45) is 8.02. The molecule has 0 amide bonds. The van der Waals surface area contributed by atoms with Crippen molar-refractivity contribution in [1.29, 1.82) is 0 Å². The third kappa shape index (κ3) is 3.42. The molecule has 102 valence electrons. The molecule has 1 unspecified atom stereocenters. The summed E-state index contributed by atoms with van der Waals surface area (Å²) in [5.74, 6) is 3.80. The Morgan fingerprint density at radius 1 is 1.53 bits per heavy atom. The van der Waals surface area contributed by atoms with Crippen LogP contribution in [0.2, 0.25) is 0 Å². The third-order valence-electron chi connectivity index (χ3n) is 3.74. The number of rotatable bonds is 6. The molecule has 1 aromatic carbocycles. The molecule has 0 aliphatic heterocycles. The second kappa shape index (κ2) is 5.99. The predicted octanol–water partition coefficient (Wildman–Crippen LogP) is 2.52. The van der Waals surface area contributed by atoms with Crippen LogP contribution in [-0.4, -0.2) is 25.2 Å². The van der Waals surface area contributed by atoms with Gasteiger partial charge in [-0.25, -0.2) is 0 Å². The molecule has 1 aliphatic rings. The van der Waals surface area contributed by atoms with Crippen LogP contribution >= 0.6 is 0 Å². The number of nitrogens with one attached hydrogen (secondary N) is 1. The van der Waals surface area contributed by atoms with E-state index >= 15 is 0 Å². The van der Waals surface area contributed by atoms with Gasteiger partial charge in [-0.1, -0.05) is 12.0 Å². The molecule has 2 N–H and O–H groups in total. The highest BCUT2D eigenvalue weighted by Crippen LogP contribution is 2.33. The van der Waals surface area contributed by atoms with Crippen LogP contribution in [0.3, 0.4) is 0 Å². The lowest BCUT2D eigenvalue weighted by Gasteiger charge is -2.23. The van der Waals surface area contributed by atoms with Crippen molar-refractivity contribution in [2.45, 2.75) is 25.8 Å². The number of phenolic OH excluding ortho intramolecular Hbond substituents is 1. The molecular weight excluding hydrogens is 236 g/mol. The lowest BCUT2D eigenvalue weighted by atomic mass is 10.1. The highest BCUT2D eigenvalue weighted by atomic mass is 16.3. The van der Waals surface area contributed by atoms with E-state index in [2.05, 4.69) is 16.1 Å². The highest BCUT2D eigenvalue weighted by molar-refractivity contribution is 5.54. The summed E-state index contributed by atoms with van der Waals surface area (Å²) in [7, 11) is 1.88. The summed E-state index contributed by atoms with van der Waals surface area (Å²) >= 11 is 0. The molecule has 0 aromatic heterocycles. The van der Waals surface area contributed by atoms with E-state index in [1.54, 1.807) is 0 Å². The van der Waals surface area contributed by atoms with Gasteiger partial charge in [0.15, 0.2) is 0 Å². The number of anilines is 1. The van der Waals surface area contributed by atoms with Crippen LogP contribution in [0, 0.1) is 18.3 Å². The Hall–Kier alpha value is -1.66. The standard InChI is InChI=1S/C16H22N2O/c1-4-9-18(11-13-5-6-13)14-7-8-15(12(2)17-3)16(19)10-14/h1,7-8,10,12-13,17,19H,5-6,9,11H2,2-3H3. The fourth-order valence-corrected chi connectivity index (χ4v) is 2.23. The minimum absolute atomic E-state index is 0.138. The zero-order valence-electron chi connectivity index (χ0n) is 11.7. The van der Waals surface area contributed by atoms with E-state index < -0.39 is 0 Å². The minimum atomic E-state index is 0.138. The first-order chi connectivity index (χ1) is 9.15. The summed E-state index contributed by atoms with van der Waals surface area (Å²) < 4.78 is 0. The second-order valence-electron chi connectivity index (χ2n) is 5.28. The molecule has 0 bridgehead atoms. The molecule has 0 saturated heterocycles. The number of terminal acetylenes is 1. The Balaban J connectivity index is 2.18. The van der Waals surface area contributed by atoms with Gasteiger partial charge in [0.1, 0.15) is 5.75 Å². The van der Waals surface area contributed by atoms with Gasteiger partial charge in [0.25, 0.3) is 0 Å². The van der Waals surface area contributed by atoms with Crippen molar-refractivity contribution in [2.75, 3.05) is 25.0 Å². The topological polar surface area (TPSA) is 35.5 Å². The minimum Gasteiger partial charge on any atom is -0.508 e. The number of aromatic hydroxyl groups is 1. The zero-order valence-corrected chi connectivity index (χ0v) is 11.7. The largest absolute Gasteiger partial charge is 0.508 e. The lowest BCUT2D eigenvalue weighted by molar-refractivity contribution is 0.458. The van der Waals surface area contributed by atoms with E-state index in [0.29, 0.717) is 12.3 Å². The molecule has 19 heavy (non-hydrogen) atoms. The Bertz CT molecular complexity index is 474. The maximum Gasteiger partial charge on any atom is 0.122 e. The van der Waals surface area contributed by atoms with Crippen molar-refractivity contribution in [1.82, 2.24) is 5.32 Å². The molecular formula is C16H22N2O. The van der Waals surface area contributed by atoms with Crippen LogP contribution in [0.5, 0.6) is 5.75 Å². The molecule has 3 heteroatoms. The van der Waals surface area contributed by atoms with Crippen molar-refractivity contribution >= 4 is 5.69 Å². The average molecular weight is 258 g/mol. The van der Waals surface area contributed by atoms with E-state index in [0.717, 1.165) is 23.7 Å². The Morgan fingerprint density at radius 2 is 2.26 bits per heavy atom. The molecule has 0 heterocycles. The molecule has 2 rings (SSSR count). The lowest BCUT2D eigenvalue weighted by Crippen LogP contribution is -2.26. The molecule has 0 spiro atoms. The van der Waals surface area contributed by atoms with E-state index in [1.807, 2.05) is 32.2 Å². The van der Waals surface area contributed by atoms with Crippen molar-refractivity contribution in [3.8, 4) is 18.1 Å². The molecule has 0 radical (unpaired) electrons. The average Bonchev–Trinajstić information content (AvgIpc) is 3.21.